The Morgan fingerprint density at radius 3 is 2.95 bits per heavy atom. The maximum absolute atomic E-state index is 13.4. The van der Waals surface area contributed by atoms with Crippen molar-refractivity contribution in [3.05, 3.63) is 35.6 Å². The molecule has 3 nitrogen and oxygen atoms in total. The minimum atomic E-state index is -0.190. The molecular weight excluding hydrogens is 241 g/mol. The largest absolute Gasteiger partial charge is 0.329 e. The van der Waals surface area contributed by atoms with Crippen molar-refractivity contribution in [1.29, 1.82) is 0 Å². The second kappa shape index (κ2) is 6.46. The number of likely N-dealkylation sites (tertiary alicyclic amines) is 1. The standard InChI is InChI=1S/C15H24FN3/c1-18-8-4-7-14(11-18)19(2)15(10-17)12-5-3-6-13(16)9-12/h3,5-6,9,14-15H,4,7-8,10-11,17H2,1-2H3. The van der Waals surface area contributed by atoms with Crippen LogP contribution in [-0.2, 0) is 0 Å². The molecule has 1 saturated heterocycles. The van der Waals surface area contributed by atoms with E-state index in [1.807, 2.05) is 6.07 Å². The molecule has 4 heteroatoms. The first-order valence-electron chi connectivity index (χ1n) is 6.98. The normalized spacial score (nSPS) is 22.7. The maximum Gasteiger partial charge on any atom is 0.123 e. The zero-order chi connectivity index (χ0) is 13.8. The molecule has 2 rings (SSSR count). The van der Waals surface area contributed by atoms with E-state index < -0.39 is 0 Å². The van der Waals surface area contributed by atoms with Gasteiger partial charge in [-0.3, -0.25) is 4.90 Å². The summed E-state index contributed by atoms with van der Waals surface area (Å²) in [5.41, 5.74) is 6.89. The molecule has 0 saturated carbocycles. The Hall–Kier alpha value is -0.970. The first-order chi connectivity index (χ1) is 9.11. The van der Waals surface area contributed by atoms with Crippen molar-refractivity contribution in [3.63, 3.8) is 0 Å². The van der Waals surface area contributed by atoms with E-state index in [0.29, 0.717) is 12.6 Å². The molecule has 0 radical (unpaired) electrons. The number of hydrogen-bond acceptors (Lipinski definition) is 3. The second-order valence-corrected chi connectivity index (χ2v) is 5.53. The number of nitrogens with two attached hydrogens (primary N) is 1. The Bertz CT molecular complexity index is 410. The van der Waals surface area contributed by atoms with Crippen LogP contribution in [0, 0.1) is 5.82 Å². The van der Waals surface area contributed by atoms with Gasteiger partial charge < -0.3 is 10.6 Å². The third-order valence-corrected chi connectivity index (χ3v) is 4.12. The molecule has 2 atom stereocenters. The number of piperidine rings is 1. The molecule has 19 heavy (non-hydrogen) atoms. The molecule has 0 bridgehead atoms. The Kier molecular flexibility index (Phi) is 4.91. The molecule has 0 amide bonds. The van der Waals surface area contributed by atoms with Crippen LogP contribution in [0.25, 0.3) is 0 Å². The van der Waals surface area contributed by atoms with Gasteiger partial charge in [0.1, 0.15) is 5.82 Å². The van der Waals surface area contributed by atoms with Gasteiger partial charge in [0, 0.05) is 25.2 Å². The summed E-state index contributed by atoms with van der Waals surface area (Å²) in [7, 11) is 4.26. The number of rotatable bonds is 4. The topological polar surface area (TPSA) is 32.5 Å². The zero-order valence-corrected chi connectivity index (χ0v) is 11.8. The lowest BCUT2D eigenvalue weighted by Gasteiger charge is -2.40. The minimum absolute atomic E-state index is 0.0900. The second-order valence-electron chi connectivity index (χ2n) is 5.53. The van der Waals surface area contributed by atoms with Crippen molar-refractivity contribution in [2.24, 2.45) is 5.73 Å². The average Bonchev–Trinajstić information content (AvgIpc) is 2.39. The smallest absolute Gasteiger partial charge is 0.123 e. The predicted molar refractivity (Wildman–Crippen MR) is 76.5 cm³/mol. The molecule has 1 aliphatic rings. The number of benzene rings is 1. The zero-order valence-electron chi connectivity index (χ0n) is 11.8. The number of hydrogen-bond donors (Lipinski definition) is 1. The fourth-order valence-corrected chi connectivity index (χ4v) is 2.98. The van der Waals surface area contributed by atoms with Gasteiger partial charge in [-0.2, -0.15) is 0 Å². The third kappa shape index (κ3) is 3.53. The van der Waals surface area contributed by atoms with Crippen LogP contribution in [0.5, 0.6) is 0 Å². The molecule has 106 valence electrons. The number of likely N-dealkylation sites (N-methyl/N-ethyl adjacent to an activating group) is 2. The van der Waals surface area contributed by atoms with Crippen LogP contribution in [0.3, 0.4) is 0 Å². The predicted octanol–water partition coefficient (Wildman–Crippen LogP) is 1.85. The van der Waals surface area contributed by atoms with Gasteiger partial charge in [0.15, 0.2) is 0 Å². The highest BCUT2D eigenvalue weighted by molar-refractivity contribution is 5.20. The SMILES string of the molecule is CN1CCCC(N(C)C(CN)c2cccc(F)c2)C1. The van der Waals surface area contributed by atoms with E-state index in [4.69, 9.17) is 5.73 Å². The molecule has 0 aromatic heterocycles. The Morgan fingerprint density at radius 2 is 2.32 bits per heavy atom. The Labute approximate surface area is 115 Å². The van der Waals surface area contributed by atoms with E-state index in [1.165, 1.54) is 18.9 Å². The van der Waals surface area contributed by atoms with Crippen molar-refractivity contribution in [2.75, 3.05) is 33.7 Å². The lowest BCUT2D eigenvalue weighted by atomic mass is 9.99. The molecule has 1 aromatic carbocycles. The average molecular weight is 265 g/mol. The van der Waals surface area contributed by atoms with Gasteiger partial charge in [0.05, 0.1) is 0 Å². The van der Waals surface area contributed by atoms with Crippen LogP contribution in [0.4, 0.5) is 4.39 Å². The van der Waals surface area contributed by atoms with Gasteiger partial charge in [-0.15, -0.1) is 0 Å². The Morgan fingerprint density at radius 1 is 1.53 bits per heavy atom. The van der Waals surface area contributed by atoms with Crippen molar-refractivity contribution >= 4 is 0 Å². The minimum Gasteiger partial charge on any atom is -0.329 e. The summed E-state index contributed by atoms with van der Waals surface area (Å²) in [6, 6.07) is 7.38. The molecular formula is C15H24FN3. The van der Waals surface area contributed by atoms with Crippen molar-refractivity contribution in [2.45, 2.75) is 24.9 Å². The van der Waals surface area contributed by atoms with Crippen LogP contribution in [0.1, 0.15) is 24.4 Å². The molecule has 1 heterocycles. The van der Waals surface area contributed by atoms with Crippen molar-refractivity contribution in [1.82, 2.24) is 9.80 Å². The van der Waals surface area contributed by atoms with Gasteiger partial charge in [-0.05, 0) is 51.2 Å². The molecule has 2 unspecified atom stereocenters. The number of halogens is 1. The highest BCUT2D eigenvalue weighted by Gasteiger charge is 2.26. The van der Waals surface area contributed by atoms with Gasteiger partial charge in [0.2, 0.25) is 0 Å². The van der Waals surface area contributed by atoms with E-state index in [1.54, 1.807) is 12.1 Å². The first kappa shape index (κ1) is 14.4. The van der Waals surface area contributed by atoms with Crippen molar-refractivity contribution < 1.29 is 4.39 Å². The fourth-order valence-electron chi connectivity index (χ4n) is 2.98. The fraction of sp³-hybridized carbons (Fsp3) is 0.600. The Balaban J connectivity index is 2.12. The highest BCUT2D eigenvalue weighted by atomic mass is 19.1. The van der Waals surface area contributed by atoms with Gasteiger partial charge in [-0.25, -0.2) is 4.39 Å². The van der Waals surface area contributed by atoms with Crippen LogP contribution in [0.15, 0.2) is 24.3 Å². The van der Waals surface area contributed by atoms with Crippen LogP contribution >= 0.6 is 0 Å². The molecule has 1 aliphatic heterocycles. The molecule has 0 aliphatic carbocycles. The van der Waals surface area contributed by atoms with E-state index in [9.17, 15) is 4.39 Å². The summed E-state index contributed by atoms with van der Waals surface area (Å²) < 4.78 is 13.4. The summed E-state index contributed by atoms with van der Waals surface area (Å²) in [6.07, 6.45) is 2.40. The maximum atomic E-state index is 13.4. The lowest BCUT2D eigenvalue weighted by Crippen LogP contribution is -2.47. The van der Waals surface area contributed by atoms with Gasteiger partial charge >= 0.3 is 0 Å². The van der Waals surface area contributed by atoms with E-state index in [0.717, 1.165) is 18.7 Å². The summed E-state index contributed by atoms with van der Waals surface area (Å²) in [5, 5.41) is 0. The highest BCUT2D eigenvalue weighted by Crippen LogP contribution is 2.24. The lowest BCUT2D eigenvalue weighted by molar-refractivity contribution is 0.101. The molecule has 1 aromatic rings. The van der Waals surface area contributed by atoms with E-state index in [2.05, 4.69) is 23.9 Å². The molecule has 0 spiro atoms. The molecule has 1 fully saturated rings. The first-order valence-corrected chi connectivity index (χ1v) is 6.98. The molecule has 2 N–H and O–H groups in total. The quantitative estimate of drug-likeness (QED) is 0.902. The summed E-state index contributed by atoms with van der Waals surface area (Å²) in [5.74, 6) is -0.190. The van der Waals surface area contributed by atoms with E-state index in [-0.39, 0.29) is 11.9 Å². The van der Waals surface area contributed by atoms with Crippen LogP contribution < -0.4 is 5.73 Å². The summed E-state index contributed by atoms with van der Waals surface area (Å²) >= 11 is 0. The summed E-state index contributed by atoms with van der Waals surface area (Å²) in [6.45, 7) is 2.74. The van der Waals surface area contributed by atoms with Gasteiger partial charge in [-0.1, -0.05) is 12.1 Å². The van der Waals surface area contributed by atoms with E-state index >= 15 is 0 Å². The monoisotopic (exact) mass is 265 g/mol. The summed E-state index contributed by atoms with van der Waals surface area (Å²) in [4.78, 5) is 4.66. The van der Waals surface area contributed by atoms with Crippen LogP contribution in [0.2, 0.25) is 0 Å². The third-order valence-electron chi connectivity index (χ3n) is 4.12. The van der Waals surface area contributed by atoms with Crippen LogP contribution in [-0.4, -0.2) is 49.6 Å². The number of nitrogens with zero attached hydrogens (tertiary/aromatic N) is 2. The van der Waals surface area contributed by atoms with Gasteiger partial charge in [0.25, 0.3) is 0 Å². The van der Waals surface area contributed by atoms with Crippen molar-refractivity contribution in [3.8, 4) is 0 Å².